The highest BCUT2D eigenvalue weighted by Crippen LogP contribution is 2.66. The molecular weight excluding hydrogens is 494 g/mol. The molecule has 0 aromatic carbocycles. The lowest BCUT2D eigenvalue weighted by molar-refractivity contribution is -0.0905. The lowest BCUT2D eigenvalue weighted by atomic mass is 9.98. The number of hydrogen-bond donors (Lipinski definition) is 6. The minimum atomic E-state index is -5.82. The Kier molecular flexibility index (Phi) is 7.31. The minimum Gasteiger partial charge on any atom is -0.386 e. The summed E-state index contributed by atoms with van der Waals surface area (Å²) >= 11 is 0. The number of nitrogens with two attached hydrogens (primary N) is 1. The summed E-state index contributed by atoms with van der Waals surface area (Å²) in [6.07, 6.45) is -0.324. The van der Waals surface area contributed by atoms with E-state index < -0.39 is 59.9 Å². The summed E-state index contributed by atoms with van der Waals surface area (Å²) in [5.41, 5.74) is 1.72. The van der Waals surface area contributed by atoms with E-state index in [1.54, 1.807) is 5.92 Å². The van der Waals surface area contributed by atoms with Gasteiger partial charge < -0.3 is 35.2 Å². The average molecular weight is 509 g/mol. The molecule has 0 radical (unpaired) electrons. The average Bonchev–Trinajstić information content (AvgIpc) is 2.82. The van der Waals surface area contributed by atoms with Gasteiger partial charge in [-0.2, -0.15) is 13.6 Å². The number of halogens is 1. The zero-order valence-electron chi connectivity index (χ0n) is 14.9. The fourth-order valence-electron chi connectivity index (χ4n) is 2.35. The summed E-state index contributed by atoms with van der Waals surface area (Å²) in [6, 6.07) is 1.10. The highest BCUT2D eigenvalue weighted by Gasteiger charge is 2.57. The highest BCUT2D eigenvalue weighted by atomic mass is 31.3. The van der Waals surface area contributed by atoms with Crippen molar-refractivity contribution < 1.29 is 60.6 Å². The van der Waals surface area contributed by atoms with E-state index >= 15 is 0 Å². The fourth-order valence-corrected chi connectivity index (χ4v) is 5.40. The van der Waals surface area contributed by atoms with Crippen molar-refractivity contribution in [1.29, 1.82) is 0 Å². The zero-order valence-corrected chi connectivity index (χ0v) is 17.5. The second-order valence-electron chi connectivity index (χ2n) is 5.84. The van der Waals surface area contributed by atoms with Crippen molar-refractivity contribution in [2.75, 3.05) is 12.3 Å². The Hall–Kier alpha value is -1.50. The van der Waals surface area contributed by atoms with Gasteiger partial charge in [0.15, 0.2) is 18.0 Å². The van der Waals surface area contributed by atoms with Crippen LogP contribution in [0.3, 0.4) is 0 Å². The smallest absolute Gasteiger partial charge is 0.386 e. The number of aromatic nitrogens is 2. The van der Waals surface area contributed by atoms with Gasteiger partial charge in [0, 0.05) is 6.20 Å². The normalized spacial score (nSPS) is 30.3. The molecular formula is C11H15FN3O13P3. The first-order valence-corrected chi connectivity index (χ1v) is 12.1. The van der Waals surface area contributed by atoms with Gasteiger partial charge in [-0.15, -0.1) is 6.42 Å². The Bertz CT molecular complexity index is 1080. The highest BCUT2D eigenvalue weighted by molar-refractivity contribution is 7.66. The number of aliphatic hydroxyl groups is 1. The maximum Gasteiger partial charge on any atom is 0.490 e. The molecule has 16 nitrogen and oxygen atoms in total. The monoisotopic (exact) mass is 509 g/mol. The SMILES string of the molecule is C#C[C@]1(COP(=O)(O)OP(=O)(O)OP(=O)(O)O)O[C@@H](n2ccc(N)nc2=O)[C@@H](F)[C@@H]1O. The van der Waals surface area contributed by atoms with Crippen LogP contribution in [0.15, 0.2) is 17.1 Å². The van der Waals surface area contributed by atoms with Gasteiger partial charge in [-0.25, -0.2) is 22.9 Å². The van der Waals surface area contributed by atoms with Gasteiger partial charge in [0.1, 0.15) is 18.5 Å². The van der Waals surface area contributed by atoms with Crippen LogP contribution in [0.2, 0.25) is 0 Å². The maximum atomic E-state index is 14.6. The molecule has 2 rings (SSSR count). The van der Waals surface area contributed by atoms with Crippen molar-refractivity contribution in [3.63, 3.8) is 0 Å². The first-order chi connectivity index (χ1) is 14.0. The molecule has 0 spiro atoms. The fraction of sp³-hybridized carbons (Fsp3) is 0.455. The Morgan fingerprint density at radius 2 is 1.90 bits per heavy atom. The molecule has 1 fully saturated rings. The lowest BCUT2D eigenvalue weighted by Gasteiger charge is -2.26. The van der Waals surface area contributed by atoms with Crippen molar-refractivity contribution in [3.05, 3.63) is 22.7 Å². The van der Waals surface area contributed by atoms with Gasteiger partial charge in [-0.1, -0.05) is 5.92 Å². The third-order valence-electron chi connectivity index (χ3n) is 3.61. The molecule has 1 saturated heterocycles. The Morgan fingerprint density at radius 1 is 1.29 bits per heavy atom. The molecule has 1 aliphatic heterocycles. The van der Waals surface area contributed by atoms with Gasteiger partial charge in [0.25, 0.3) is 0 Å². The summed E-state index contributed by atoms with van der Waals surface area (Å²) in [4.78, 5) is 50.8. The molecule has 2 heterocycles. The van der Waals surface area contributed by atoms with E-state index in [-0.39, 0.29) is 5.82 Å². The van der Waals surface area contributed by atoms with Crippen molar-refractivity contribution in [2.24, 2.45) is 0 Å². The van der Waals surface area contributed by atoms with Crippen LogP contribution in [0.5, 0.6) is 0 Å². The summed E-state index contributed by atoms with van der Waals surface area (Å²) in [5, 5.41) is 10.1. The van der Waals surface area contributed by atoms with Crippen LogP contribution in [-0.4, -0.2) is 58.7 Å². The largest absolute Gasteiger partial charge is 0.490 e. The number of rotatable bonds is 8. The van der Waals surface area contributed by atoms with Crippen LogP contribution in [0, 0.1) is 12.3 Å². The van der Waals surface area contributed by atoms with E-state index in [1.807, 2.05) is 0 Å². The maximum absolute atomic E-state index is 14.6. The second kappa shape index (κ2) is 8.80. The Labute approximate surface area is 171 Å². The summed E-state index contributed by atoms with van der Waals surface area (Å²) in [7, 11) is -17.1. The second-order valence-corrected chi connectivity index (χ2v) is 10.3. The molecule has 7 N–H and O–H groups in total. The molecule has 2 unspecified atom stereocenters. The number of nitrogen functional groups attached to an aromatic ring is 1. The number of aliphatic hydroxyl groups excluding tert-OH is 1. The van der Waals surface area contributed by atoms with E-state index in [4.69, 9.17) is 31.6 Å². The number of alkyl halides is 1. The summed E-state index contributed by atoms with van der Waals surface area (Å²) in [5.74, 6) is 1.59. The summed E-state index contributed by atoms with van der Waals surface area (Å²) < 4.78 is 65.4. The van der Waals surface area contributed by atoms with Crippen LogP contribution in [0.4, 0.5) is 10.2 Å². The first-order valence-electron chi connectivity index (χ1n) is 7.62. The Balaban J connectivity index is 2.21. The van der Waals surface area contributed by atoms with Gasteiger partial charge >= 0.3 is 29.2 Å². The first kappa shape index (κ1) is 25.8. The molecule has 1 aromatic heterocycles. The molecule has 0 amide bonds. The van der Waals surface area contributed by atoms with Crippen LogP contribution in [-0.2, 0) is 31.6 Å². The van der Waals surface area contributed by atoms with Gasteiger partial charge in [0.05, 0.1) is 0 Å². The number of phosphoric acid groups is 3. The Morgan fingerprint density at radius 3 is 2.42 bits per heavy atom. The quantitative estimate of drug-likeness (QED) is 0.177. The van der Waals surface area contributed by atoms with E-state index in [9.17, 15) is 32.9 Å². The van der Waals surface area contributed by atoms with E-state index in [0.29, 0.717) is 4.57 Å². The molecule has 0 aliphatic carbocycles. The van der Waals surface area contributed by atoms with Crippen LogP contribution in [0.25, 0.3) is 0 Å². The molecule has 31 heavy (non-hydrogen) atoms. The molecule has 1 aliphatic rings. The topological polar surface area (TPSA) is 250 Å². The standard InChI is InChI=1S/C11H15FN3O13P3/c1-2-11(5-25-30(21,22)28-31(23,24)27-29(18,19)20)8(16)7(12)9(26-11)15-4-3-6(13)14-10(15)17/h1,3-4,7-9,16H,5H2,(H,21,22)(H,23,24)(H2,13,14,17)(H2,18,19,20)/t7-,8-,9+,11+/m0/s1. The molecule has 1 aromatic rings. The number of nitrogens with zero attached hydrogens (tertiary/aromatic N) is 2. The third kappa shape index (κ3) is 6.27. The summed E-state index contributed by atoms with van der Waals surface area (Å²) in [6.45, 7) is -1.34. The third-order valence-corrected chi connectivity index (χ3v) is 7.39. The van der Waals surface area contributed by atoms with Crippen molar-refractivity contribution >= 4 is 29.3 Å². The van der Waals surface area contributed by atoms with E-state index in [0.717, 1.165) is 12.3 Å². The van der Waals surface area contributed by atoms with E-state index in [2.05, 4.69) is 18.1 Å². The predicted octanol–water partition coefficient (Wildman–Crippen LogP) is -1.23. The molecule has 0 saturated carbocycles. The number of phosphoric ester groups is 1. The van der Waals surface area contributed by atoms with Gasteiger partial charge in [-0.3, -0.25) is 9.09 Å². The predicted molar refractivity (Wildman–Crippen MR) is 95.3 cm³/mol. The molecule has 174 valence electrons. The van der Waals surface area contributed by atoms with Crippen LogP contribution < -0.4 is 11.4 Å². The number of hydrogen-bond acceptors (Lipinski definition) is 11. The van der Waals surface area contributed by atoms with Crippen molar-refractivity contribution in [2.45, 2.75) is 24.1 Å². The number of ether oxygens (including phenoxy) is 1. The minimum absolute atomic E-state index is 0.203. The van der Waals surface area contributed by atoms with Crippen LogP contribution in [0.1, 0.15) is 6.23 Å². The number of anilines is 1. The molecule has 6 atom stereocenters. The van der Waals surface area contributed by atoms with Crippen LogP contribution >= 0.6 is 23.5 Å². The van der Waals surface area contributed by atoms with Crippen molar-refractivity contribution in [1.82, 2.24) is 9.55 Å². The van der Waals surface area contributed by atoms with Gasteiger partial charge in [0.2, 0.25) is 0 Å². The van der Waals surface area contributed by atoms with E-state index in [1.165, 1.54) is 0 Å². The van der Waals surface area contributed by atoms with Crippen molar-refractivity contribution in [3.8, 4) is 12.3 Å². The van der Waals surface area contributed by atoms with Gasteiger partial charge in [-0.05, 0) is 6.07 Å². The molecule has 0 bridgehead atoms. The lowest BCUT2D eigenvalue weighted by Crippen LogP contribution is -2.44. The number of terminal acetylenes is 1. The zero-order chi connectivity index (χ0) is 23.8. The molecule has 20 heteroatoms.